The molecule has 0 bridgehead atoms. The maximum atomic E-state index is 13.2. The van der Waals surface area contributed by atoms with E-state index >= 15 is 0 Å². The zero-order chi connectivity index (χ0) is 23.3. The number of aryl methyl sites for hydroxylation is 1. The molecule has 170 valence electrons. The number of carbonyl (C=O) groups is 1. The fourth-order valence-electron chi connectivity index (χ4n) is 4.77. The standard InChI is InChI=1S/C25H31ClN4O2/c1-15(2)25(32)11-19(12-25)30-21(31)13-24(4,29-23(30)27)20-7-5-6-18(22(20)26)10-17-9-8-16(3)28-14-17/h5-9,14-15,19,32H,10-13H2,1-4H3,(H2,27,29)/t19?,24-,25?/m0/s1. The van der Waals surface area contributed by atoms with Crippen molar-refractivity contribution in [2.45, 2.75) is 70.6 Å². The Bertz CT molecular complexity index is 1060. The molecule has 2 aromatic rings. The first-order valence-corrected chi connectivity index (χ1v) is 11.5. The summed E-state index contributed by atoms with van der Waals surface area (Å²) in [7, 11) is 0. The zero-order valence-corrected chi connectivity index (χ0v) is 19.9. The van der Waals surface area contributed by atoms with E-state index in [4.69, 9.17) is 22.3 Å². The SMILES string of the molecule is Cc1ccc(Cc2cccc([C@]3(C)CC(=O)N(C4CC(O)(C(C)C)C4)C(N)=N3)c2Cl)cn1. The molecule has 3 N–H and O–H groups in total. The summed E-state index contributed by atoms with van der Waals surface area (Å²) in [5.74, 6) is 0.246. The number of hydrogen-bond acceptors (Lipinski definition) is 5. The van der Waals surface area contributed by atoms with Crippen molar-refractivity contribution in [3.05, 3.63) is 63.9 Å². The summed E-state index contributed by atoms with van der Waals surface area (Å²) in [4.78, 5) is 23.8. The van der Waals surface area contributed by atoms with E-state index in [1.807, 2.05) is 64.2 Å². The second-order valence-electron chi connectivity index (χ2n) is 9.77. The predicted molar refractivity (Wildman–Crippen MR) is 126 cm³/mol. The van der Waals surface area contributed by atoms with E-state index in [0.717, 1.165) is 22.4 Å². The van der Waals surface area contributed by atoms with Crippen LogP contribution in [0, 0.1) is 12.8 Å². The molecule has 2 heterocycles. The third kappa shape index (κ3) is 4.02. The second kappa shape index (κ2) is 8.16. The Kier molecular flexibility index (Phi) is 5.80. The smallest absolute Gasteiger partial charge is 0.232 e. The first-order chi connectivity index (χ1) is 15.0. The highest BCUT2D eigenvalue weighted by Crippen LogP contribution is 2.44. The Morgan fingerprint density at radius 1 is 1.28 bits per heavy atom. The number of carbonyl (C=O) groups excluding carboxylic acids is 1. The lowest BCUT2D eigenvalue weighted by Gasteiger charge is -2.51. The maximum Gasteiger partial charge on any atom is 0.232 e. The lowest BCUT2D eigenvalue weighted by atomic mass is 9.68. The number of halogens is 1. The molecule has 1 aromatic carbocycles. The number of rotatable bonds is 5. The Morgan fingerprint density at radius 3 is 2.59 bits per heavy atom. The number of aliphatic hydroxyl groups is 1. The van der Waals surface area contributed by atoms with Gasteiger partial charge in [-0.2, -0.15) is 0 Å². The van der Waals surface area contributed by atoms with Gasteiger partial charge in [-0.25, -0.2) is 4.99 Å². The van der Waals surface area contributed by atoms with E-state index in [1.165, 1.54) is 0 Å². The van der Waals surface area contributed by atoms with Crippen LogP contribution in [0.3, 0.4) is 0 Å². The van der Waals surface area contributed by atoms with Gasteiger partial charge in [-0.3, -0.25) is 14.7 Å². The monoisotopic (exact) mass is 454 g/mol. The van der Waals surface area contributed by atoms with Crippen molar-refractivity contribution in [3.8, 4) is 0 Å². The summed E-state index contributed by atoms with van der Waals surface area (Å²) < 4.78 is 0. The lowest BCUT2D eigenvalue weighted by molar-refractivity contribution is -0.145. The summed E-state index contributed by atoms with van der Waals surface area (Å²) in [6.45, 7) is 7.84. The average Bonchev–Trinajstić information content (AvgIpc) is 2.68. The van der Waals surface area contributed by atoms with Crippen LogP contribution in [-0.4, -0.2) is 38.5 Å². The van der Waals surface area contributed by atoms with Gasteiger partial charge < -0.3 is 10.8 Å². The molecule has 1 aliphatic heterocycles. The van der Waals surface area contributed by atoms with E-state index in [1.54, 1.807) is 4.90 Å². The molecule has 7 heteroatoms. The maximum absolute atomic E-state index is 13.2. The fraction of sp³-hybridized carbons (Fsp3) is 0.480. The number of benzene rings is 1. The van der Waals surface area contributed by atoms with Gasteiger partial charge in [0.2, 0.25) is 5.91 Å². The number of aromatic nitrogens is 1. The van der Waals surface area contributed by atoms with Crippen LogP contribution in [-0.2, 0) is 16.8 Å². The minimum Gasteiger partial charge on any atom is -0.389 e. The average molecular weight is 455 g/mol. The van der Waals surface area contributed by atoms with Gasteiger partial charge in [-0.1, -0.05) is 49.7 Å². The van der Waals surface area contributed by atoms with Gasteiger partial charge >= 0.3 is 0 Å². The Morgan fingerprint density at radius 2 is 2.00 bits per heavy atom. The lowest BCUT2D eigenvalue weighted by Crippen LogP contribution is -2.63. The first-order valence-electron chi connectivity index (χ1n) is 11.1. The third-order valence-electron chi connectivity index (χ3n) is 7.02. The fourth-order valence-corrected chi connectivity index (χ4v) is 5.16. The highest BCUT2D eigenvalue weighted by molar-refractivity contribution is 6.32. The van der Waals surface area contributed by atoms with Gasteiger partial charge in [0, 0.05) is 29.4 Å². The van der Waals surface area contributed by atoms with Crippen LogP contribution < -0.4 is 5.73 Å². The topological polar surface area (TPSA) is 91.8 Å². The number of nitrogens with zero attached hydrogens (tertiary/aromatic N) is 3. The van der Waals surface area contributed by atoms with Gasteiger partial charge in [-0.05, 0) is 55.4 Å². The van der Waals surface area contributed by atoms with Crippen LogP contribution in [0.15, 0.2) is 41.5 Å². The molecule has 0 radical (unpaired) electrons. The molecule has 1 saturated carbocycles. The van der Waals surface area contributed by atoms with Crippen molar-refractivity contribution in [3.63, 3.8) is 0 Å². The number of guanidine groups is 1. The van der Waals surface area contributed by atoms with Crippen LogP contribution >= 0.6 is 11.6 Å². The number of nitrogens with two attached hydrogens (primary N) is 1. The molecule has 0 spiro atoms. The van der Waals surface area contributed by atoms with Crippen molar-refractivity contribution in [2.24, 2.45) is 16.6 Å². The van der Waals surface area contributed by atoms with Gasteiger partial charge in [-0.15, -0.1) is 0 Å². The van der Waals surface area contributed by atoms with Crippen molar-refractivity contribution in [2.75, 3.05) is 0 Å². The number of pyridine rings is 1. The van der Waals surface area contributed by atoms with Gasteiger partial charge in [0.05, 0.1) is 17.6 Å². The van der Waals surface area contributed by atoms with Crippen LogP contribution in [0.5, 0.6) is 0 Å². The Hall–Kier alpha value is -2.44. The minimum absolute atomic E-state index is 0.0833. The van der Waals surface area contributed by atoms with Crippen LogP contribution in [0.2, 0.25) is 5.02 Å². The number of hydrogen-bond donors (Lipinski definition) is 2. The molecule has 1 aliphatic carbocycles. The largest absolute Gasteiger partial charge is 0.389 e. The molecule has 1 atom stereocenters. The van der Waals surface area contributed by atoms with Gasteiger partial charge in [0.25, 0.3) is 0 Å². The normalized spacial score (nSPS) is 28.0. The van der Waals surface area contributed by atoms with E-state index in [-0.39, 0.29) is 30.2 Å². The first kappa shape index (κ1) is 22.7. The molecule has 0 unspecified atom stereocenters. The molecule has 2 aliphatic rings. The Labute approximate surface area is 194 Å². The van der Waals surface area contributed by atoms with Crippen molar-refractivity contribution >= 4 is 23.5 Å². The summed E-state index contributed by atoms with van der Waals surface area (Å²) in [6.07, 6.45) is 3.72. The van der Waals surface area contributed by atoms with E-state index < -0.39 is 11.1 Å². The molecular formula is C25H31ClN4O2. The van der Waals surface area contributed by atoms with E-state index in [2.05, 4.69) is 4.98 Å². The molecule has 4 rings (SSSR count). The molecular weight excluding hydrogens is 424 g/mol. The Balaban J connectivity index is 1.59. The van der Waals surface area contributed by atoms with Gasteiger partial charge in [0.15, 0.2) is 5.96 Å². The second-order valence-corrected chi connectivity index (χ2v) is 10.1. The summed E-state index contributed by atoms with van der Waals surface area (Å²) in [5, 5.41) is 11.2. The molecule has 6 nitrogen and oxygen atoms in total. The van der Waals surface area contributed by atoms with Crippen molar-refractivity contribution in [1.82, 2.24) is 9.88 Å². The predicted octanol–water partition coefficient (Wildman–Crippen LogP) is 3.95. The van der Waals surface area contributed by atoms with Crippen molar-refractivity contribution < 1.29 is 9.90 Å². The quantitative estimate of drug-likeness (QED) is 0.715. The van der Waals surface area contributed by atoms with Crippen LogP contribution in [0.25, 0.3) is 0 Å². The number of amides is 1. The highest BCUT2D eigenvalue weighted by Gasteiger charge is 2.51. The van der Waals surface area contributed by atoms with Crippen LogP contribution in [0.4, 0.5) is 0 Å². The molecule has 32 heavy (non-hydrogen) atoms. The molecule has 1 fully saturated rings. The summed E-state index contributed by atoms with van der Waals surface area (Å²) >= 11 is 6.83. The van der Waals surface area contributed by atoms with Gasteiger partial charge in [0.1, 0.15) is 0 Å². The zero-order valence-electron chi connectivity index (χ0n) is 19.1. The number of aliphatic imine (C=N–C) groups is 1. The highest BCUT2D eigenvalue weighted by atomic mass is 35.5. The molecule has 1 amide bonds. The summed E-state index contributed by atoms with van der Waals surface area (Å²) in [5.41, 5.74) is 8.51. The van der Waals surface area contributed by atoms with Crippen LogP contribution in [0.1, 0.15) is 62.4 Å². The van der Waals surface area contributed by atoms with E-state index in [0.29, 0.717) is 24.3 Å². The summed E-state index contributed by atoms with van der Waals surface area (Å²) in [6, 6.07) is 9.76. The molecule has 0 saturated heterocycles. The molecule has 1 aromatic heterocycles. The minimum atomic E-state index is -0.839. The van der Waals surface area contributed by atoms with Crippen molar-refractivity contribution in [1.29, 1.82) is 0 Å². The third-order valence-corrected chi connectivity index (χ3v) is 7.46. The van der Waals surface area contributed by atoms with E-state index in [9.17, 15) is 9.90 Å².